The van der Waals surface area contributed by atoms with Gasteiger partial charge in [0.15, 0.2) is 0 Å². The Kier molecular flexibility index (Phi) is 16.0. The van der Waals surface area contributed by atoms with E-state index < -0.39 is 0 Å². The van der Waals surface area contributed by atoms with E-state index in [2.05, 4.69) is 6.58 Å². The first kappa shape index (κ1) is 9.08. The molecule has 0 spiro atoms. The molecule has 0 bridgehead atoms. The molecule has 0 aliphatic heterocycles. The number of rotatable bonds is 1. The van der Waals surface area contributed by atoms with Crippen molar-refractivity contribution in [2.75, 3.05) is 6.61 Å². The van der Waals surface area contributed by atoms with E-state index in [1.165, 1.54) is 6.08 Å². The van der Waals surface area contributed by atoms with Crippen LogP contribution in [0.4, 0.5) is 0 Å². The maximum atomic E-state index is 7.76. The molecule has 5 heavy (non-hydrogen) atoms. The molecule has 0 aliphatic rings. The zero-order valence-electron chi connectivity index (χ0n) is 5.15. The first-order valence-corrected chi connectivity index (χ1v) is 1.13. The van der Waals surface area contributed by atoms with E-state index in [0.717, 1.165) is 0 Å². The van der Waals surface area contributed by atoms with Crippen LogP contribution in [0.15, 0.2) is 12.7 Å². The van der Waals surface area contributed by atoms with Crippen molar-refractivity contribution in [1.29, 1.82) is 0 Å². The number of aliphatic hydroxyl groups is 1. The number of aliphatic hydroxyl groups excluding tert-OH is 1. The molecule has 0 unspecified atom stereocenters. The molecule has 0 heterocycles. The second-order valence-electron chi connectivity index (χ2n) is 0.471. The molecule has 0 amide bonds. The SMILES string of the molecule is C=CCO.[H-].[H-].[Mg+2]. The quantitative estimate of drug-likeness (QED) is 0.350. The van der Waals surface area contributed by atoms with Crippen molar-refractivity contribution in [3.63, 3.8) is 0 Å². The third kappa shape index (κ3) is 12.6. The summed E-state index contributed by atoms with van der Waals surface area (Å²) >= 11 is 0. The standard InChI is InChI=1S/C3H6O.Mg.2H/c1-2-3-4;;;/h2,4H,1,3H2;;;/q;+2;2*-1. The predicted molar refractivity (Wildman–Crippen MR) is 25.3 cm³/mol. The molecule has 0 fully saturated rings. The third-order valence-electron chi connectivity index (χ3n) is 0.129. The summed E-state index contributed by atoms with van der Waals surface area (Å²) in [6.45, 7) is 3.31. The summed E-state index contributed by atoms with van der Waals surface area (Å²) in [5.41, 5.74) is 0. The van der Waals surface area contributed by atoms with Crippen molar-refractivity contribution >= 4 is 23.1 Å². The molecule has 0 atom stereocenters. The fraction of sp³-hybridized carbons (Fsp3) is 0.333. The van der Waals surface area contributed by atoms with Crippen LogP contribution < -0.4 is 0 Å². The van der Waals surface area contributed by atoms with Gasteiger partial charge in [0.1, 0.15) is 0 Å². The Hall–Kier alpha value is 0.466. The first-order valence-electron chi connectivity index (χ1n) is 1.13. The van der Waals surface area contributed by atoms with Crippen LogP contribution in [0.5, 0.6) is 0 Å². The molecule has 0 radical (unpaired) electrons. The topological polar surface area (TPSA) is 20.2 Å². The molecule has 2 heteroatoms. The van der Waals surface area contributed by atoms with Gasteiger partial charge in [0.25, 0.3) is 0 Å². The van der Waals surface area contributed by atoms with Gasteiger partial charge in [-0.25, -0.2) is 0 Å². The third-order valence-corrected chi connectivity index (χ3v) is 0.129. The minimum atomic E-state index is 0. The Morgan fingerprint density at radius 1 is 2.00 bits per heavy atom. The van der Waals surface area contributed by atoms with Gasteiger partial charge in [-0.1, -0.05) is 6.08 Å². The second-order valence-corrected chi connectivity index (χ2v) is 0.471. The molecule has 0 aromatic heterocycles. The smallest absolute Gasteiger partial charge is 1.00 e. The summed E-state index contributed by atoms with van der Waals surface area (Å²) in [4.78, 5) is 0. The molecule has 28 valence electrons. The van der Waals surface area contributed by atoms with Crippen LogP contribution in [-0.4, -0.2) is 34.8 Å². The van der Waals surface area contributed by atoms with Crippen molar-refractivity contribution in [1.82, 2.24) is 0 Å². The van der Waals surface area contributed by atoms with Crippen LogP contribution in [0.2, 0.25) is 0 Å². The predicted octanol–water partition coefficient (Wildman–Crippen LogP) is 0.00890. The van der Waals surface area contributed by atoms with Gasteiger partial charge >= 0.3 is 23.1 Å². The average molecular weight is 84.4 g/mol. The van der Waals surface area contributed by atoms with E-state index in [-0.39, 0.29) is 32.5 Å². The summed E-state index contributed by atoms with van der Waals surface area (Å²) in [7, 11) is 0. The van der Waals surface area contributed by atoms with E-state index in [1.807, 2.05) is 0 Å². The van der Waals surface area contributed by atoms with Crippen molar-refractivity contribution < 1.29 is 7.96 Å². The number of hydrogen-bond acceptors (Lipinski definition) is 1. The minimum absolute atomic E-state index is 0. The molecule has 0 rings (SSSR count). The largest absolute Gasteiger partial charge is 2.00 e. The first-order chi connectivity index (χ1) is 1.91. The van der Waals surface area contributed by atoms with Crippen LogP contribution in [0, 0.1) is 0 Å². The zero-order chi connectivity index (χ0) is 3.41. The monoisotopic (exact) mass is 84.0 g/mol. The van der Waals surface area contributed by atoms with Gasteiger partial charge in [-0.15, -0.1) is 6.58 Å². The van der Waals surface area contributed by atoms with Gasteiger partial charge in [0.2, 0.25) is 0 Å². The Morgan fingerprint density at radius 3 is 2.20 bits per heavy atom. The van der Waals surface area contributed by atoms with Gasteiger partial charge in [-0.2, -0.15) is 0 Å². The average Bonchev–Trinajstić information content (AvgIpc) is 1.37. The van der Waals surface area contributed by atoms with E-state index in [0.29, 0.717) is 0 Å². The number of hydrogen-bond donors (Lipinski definition) is 1. The van der Waals surface area contributed by atoms with Crippen molar-refractivity contribution in [3.8, 4) is 0 Å². The van der Waals surface area contributed by atoms with E-state index in [9.17, 15) is 0 Å². The maximum Gasteiger partial charge on any atom is 2.00 e. The maximum absolute atomic E-state index is 7.76. The Balaban J connectivity index is -0.0000000150. The molecule has 0 saturated heterocycles. The van der Waals surface area contributed by atoms with Crippen LogP contribution in [-0.2, 0) is 0 Å². The van der Waals surface area contributed by atoms with Gasteiger partial charge < -0.3 is 7.96 Å². The van der Waals surface area contributed by atoms with E-state index >= 15 is 0 Å². The Bertz CT molecular complexity index is 26.9. The van der Waals surface area contributed by atoms with Crippen LogP contribution in [0.3, 0.4) is 0 Å². The molecule has 0 aliphatic carbocycles. The van der Waals surface area contributed by atoms with Gasteiger partial charge in [-0.05, 0) is 0 Å². The van der Waals surface area contributed by atoms with Crippen molar-refractivity contribution in [3.05, 3.63) is 12.7 Å². The fourth-order valence-electron chi connectivity index (χ4n) is 0. The molecule has 1 N–H and O–H groups in total. The van der Waals surface area contributed by atoms with Crippen LogP contribution in [0.1, 0.15) is 2.85 Å². The normalized spacial score (nSPS) is 5.00. The van der Waals surface area contributed by atoms with Crippen LogP contribution >= 0.6 is 0 Å². The molecular weight excluding hydrogens is 76.3 g/mol. The van der Waals surface area contributed by atoms with E-state index in [1.54, 1.807) is 0 Å². The summed E-state index contributed by atoms with van der Waals surface area (Å²) < 4.78 is 0. The summed E-state index contributed by atoms with van der Waals surface area (Å²) in [5, 5.41) is 7.76. The van der Waals surface area contributed by atoms with E-state index in [4.69, 9.17) is 5.11 Å². The summed E-state index contributed by atoms with van der Waals surface area (Å²) in [6.07, 6.45) is 1.43. The minimum Gasteiger partial charge on any atom is -1.00 e. The Labute approximate surface area is 50.8 Å². The zero-order valence-corrected chi connectivity index (χ0v) is 4.56. The molecule has 1 nitrogen and oxygen atoms in total. The summed E-state index contributed by atoms with van der Waals surface area (Å²) in [6, 6.07) is 0. The van der Waals surface area contributed by atoms with Crippen molar-refractivity contribution in [2.45, 2.75) is 0 Å². The Morgan fingerprint density at radius 2 is 2.20 bits per heavy atom. The molecule has 0 aromatic rings. The molecule has 0 aromatic carbocycles. The van der Waals surface area contributed by atoms with Crippen molar-refractivity contribution in [2.24, 2.45) is 0 Å². The molecular formula is C3H8MgO. The van der Waals surface area contributed by atoms with Gasteiger partial charge in [-0.3, -0.25) is 0 Å². The summed E-state index contributed by atoms with van der Waals surface area (Å²) in [5.74, 6) is 0. The van der Waals surface area contributed by atoms with Gasteiger partial charge in [0, 0.05) is 0 Å². The second kappa shape index (κ2) is 8.82. The molecule has 0 saturated carbocycles. The van der Waals surface area contributed by atoms with Gasteiger partial charge in [0.05, 0.1) is 6.61 Å². The van der Waals surface area contributed by atoms with Crippen LogP contribution in [0.25, 0.3) is 0 Å². The fourth-order valence-corrected chi connectivity index (χ4v) is 0.